The lowest BCUT2D eigenvalue weighted by Gasteiger charge is -2.31. The molecule has 0 spiro atoms. The zero-order chi connectivity index (χ0) is 22.1. The van der Waals surface area contributed by atoms with Crippen LogP contribution < -0.4 is 11.3 Å². The number of benzene rings is 1. The molecule has 1 aromatic carbocycles. The van der Waals surface area contributed by atoms with Crippen molar-refractivity contribution in [3.63, 3.8) is 0 Å². The van der Waals surface area contributed by atoms with Crippen molar-refractivity contribution in [3.8, 4) is 11.4 Å². The number of carbonyl (C=O) groups is 1. The maximum atomic E-state index is 13.3. The Bertz CT molecular complexity index is 1370. The Morgan fingerprint density at radius 2 is 2.10 bits per heavy atom. The van der Waals surface area contributed by atoms with E-state index in [4.69, 9.17) is 15.5 Å². The average Bonchev–Trinajstić information content (AvgIpc) is 3.13. The Balaban J connectivity index is 1.81. The van der Waals surface area contributed by atoms with Crippen LogP contribution in [0.5, 0.6) is 0 Å². The summed E-state index contributed by atoms with van der Waals surface area (Å²) >= 11 is 0. The summed E-state index contributed by atoms with van der Waals surface area (Å²) < 4.78 is 6.75. The number of cyclic esters (lactones) is 1. The summed E-state index contributed by atoms with van der Waals surface area (Å²) in [5.74, 6) is -0.730. The molecule has 2 aromatic heterocycles. The molecule has 0 aliphatic carbocycles. The lowest BCUT2D eigenvalue weighted by Crippen LogP contribution is -2.44. The molecule has 2 aliphatic rings. The van der Waals surface area contributed by atoms with E-state index in [0.717, 1.165) is 33.2 Å². The predicted molar refractivity (Wildman–Crippen MR) is 117 cm³/mol. The van der Waals surface area contributed by atoms with E-state index in [-0.39, 0.29) is 18.6 Å². The van der Waals surface area contributed by atoms with Crippen molar-refractivity contribution in [1.82, 2.24) is 9.55 Å². The van der Waals surface area contributed by atoms with E-state index in [0.29, 0.717) is 35.6 Å². The molecule has 5 rings (SSSR count). The van der Waals surface area contributed by atoms with Crippen molar-refractivity contribution >= 4 is 22.4 Å². The van der Waals surface area contributed by atoms with Gasteiger partial charge in [-0.1, -0.05) is 25.1 Å². The number of aliphatic hydroxyl groups is 1. The molecule has 31 heavy (non-hydrogen) atoms. The van der Waals surface area contributed by atoms with E-state index < -0.39 is 11.6 Å². The zero-order valence-corrected chi connectivity index (χ0v) is 17.5. The summed E-state index contributed by atoms with van der Waals surface area (Å²) in [4.78, 5) is 30.5. The Hall–Kier alpha value is -3.29. The third-order valence-corrected chi connectivity index (χ3v) is 6.50. The van der Waals surface area contributed by atoms with Gasteiger partial charge in [0, 0.05) is 23.1 Å². The van der Waals surface area contributed by atoms with Gasteiger partial charge in [0.2, 0.25) is 0 Å². The van der Waals surface area contributed by atoms with Crippen LogP contribution >= 0.6 is 0 Å². The van der Waals surface area contributed by atoms with Crippen LogP contribution in [0.1, 0.15) is 48.1 Å². The molecule has 7 heteroatoms. The van der Waals surface area contributed by atoms with E-state index >= 15 is 0 Å². The first-order valence-corrected chi connectivity index (χ1v) is 10.3. The second-order valence-corrected chi connectivity index (χ2v) is 8.24. The van der Waals surface area contributed by atoms with Gasteiger partial charge in [0.15, 0.2) is 5.60 Å². The van der Waals surface area contributed by atoms with Crippen molar-refractivity contribution < 1.29 is 14.6 Å². The average molecular weight is 417 g/mol. The SMILES string of the molecule is C=C(C)c1ccc2nc3c(c(CN)c2c1)Cn1c-3cc2c(c1=O)COC(=O)[C@]2(O)CC. The van der Waals surface area contributed by atoms with Gasteiger partial charge in [-0.15, -0.1) is 0 Å². The minimum Gasteiger partial charge on any atom is -0.458 e. The van der Waals surface area contributed by atoms with Crippen LogP contribution in [0.2, 0.25) is 0 Å². The largest absolute Gasteiger partial charge is 0.458 e. The van der Waals surface area contributed by atoms with Crippen LogP contribution in [-0.2, 0) is 34.8 Å². The minimum atomic E-state index is -1.84. The summed E-state index contributed by atoms with van der Waals surface area (Å²) in [5, 5.41) is 11.9. The van der Waals surface area contributed by atoms with Crippen molar-refractivity contribution in [2.75, 3.05) is 0 Å². The molecule has 4 heterocycles. The van der Waals surface area contributed by atoms with Gasteiger partial charge in [-0.3, -0.25) is 4.79 Å². The van der Waals surface area contributed by atoms with Gasteiger partial charge in [-0.25, -0.2) is 9.78 Å². The standard InChI is InChI=1S/C24H23N3O4/c1-4-24(30)18-8-20-21-16(10-27(20)22(28)17(18)11-31-23(24)29)15(9-25)14-7-13(12(2)3)5-6-19(14)26-21/h5-8,30H,2,4,9-11,25H2,1,3H3/t24-/m0/s1. The molecular weight excluding hydrogens is 394 g/mol. The number of rotatable bonds is 3. The number of nitrogens with zero attached hydrogens (tertiary/aromatic N) is 2. The summed E-state index contributed by atoms with van der Waals surface area (Å²) in [7, 11) is 0. The highest BCUT2D eigenvalue weighted by Crippen LogP contribution is 2.40. The van der Waals surface area contributed by atoms with Crippen molar-refractivity contribution in [1.29, 1.82) is 0 Å². The summed E-state index contributed by atoms with van der Waals surface area (Å²) in [6.45, 7) is 8.13. The van der Waals surface area contributed by atoms with Crippen LogP contribution in [0.3, 0.4) is 0 Å². The third-order valence-electron chi connectivity index (χ3n) is 6.50. The van der Waals surface area contributed by atoms with Crippen molar-refractivity contribution in [2.45, 2.75) is 45.6 Å². The van der Waals surface area contributed by atoms with Gasteiger partial charge in [0.1, 0.15) is 6.61 Å². The summed E-state index contributed by atoms with van der Waals surface area (Å²) in [5.41, 5.74) is 10.4. The molecule has 0 saturated carbocycles. The summed E-state index contributed by atoms with van der Waals surface area (Å²) in [6, 6.07) is 7.64. The number of pyridine rings is 2. The first-order valence-electron chi connectivity index (χ1n) is 10.3. The van der Waals surface area contributed by atoms with Gasteiger partial charge in [0.25, 0.3) is 5.56 Å². The van der Waals surface area contributed by atoms with Crippen LogP contribution in [0, 0.1) is 0 Å². The molecule has 0 unspecified atom stereocenters. The highest BCUT2D eigenvalue weighted by molar-refractivity contribution is 5.91. The molecule has 1 atom stereocenters. The molecule has 0 bridgehead atoms. The zero-order valence-electron chi connectivity index (χ0n) is 17.5. The molecule has 0 saturated heterocycles. The molecule has 7 nitrogen and oxygen atoms in total. The fraction of sp³-hybridized carbons (Fsp3) is 0.292. The van der Waals surface area contributed by atoms with Crippen molar-refractivity contribution in [3.05, 3.63) is 69.0 Å². The molecule has 158 valence electrons. The lowest BCUT2D eigenvalue weighted by atomic mass is 9.86. The fourth-order valence-electron chi connectivity index (χ4n) is 4.66. The van der Waals surface area contributed by atoms with E-state index in [1.807, 2.05) is 25.1 Å². The second-order valence-electron chi connectivity index (χ2n) is 8.24. The Kier molecular flexibility index (Phi) is 4.19. The predicted octanol–water partition coefficient (Wildman–Crippen LogP) is 2.57. The van der Waals surface area contributed by atoms with Gasteiger partial charge in [0.05, 0.1) is 29.0 Å². The smallest absolute Gasteiger partial charge is 0.343 e. The number of esters is 1. The van der Waals surface area contributed by atoms with Crippen LogP contribution in [0.4, 0.5) is 0 Å². The molecule has 3 aromatic rings. The summed E-state index contributed by atoms with van der Waals surface area (Å²) in [6.07, 6.45) is 0.109. The molecule has 0 amide bonds. The fourth-order valence-corrected chi connectivity index (χ4v) is 4.66. The van der Waals surface area contributed by atoms with Crippen LogP contribution in [-0.4, -0.2) is 20.6 Å². The minimum absolute atomic E-state index is 0.109. The normalized spacial score (nSPS) is 19.0. The van der Waals surface area contributed by atoms with E-state index in [1.54, 1.807) is 17.6 Å². The van der Waals surface area contributed by atoms with E-state index in [9.17, 15) is 14.7 Å². The first-order chi connectivity index (χ1) is 14.8. The maximum Gasteiger partial charge on any atom is 0.343 e. The number of allylic oxidation sites excluding steroid dienone is 1. The number of nitrogens with two attached hydrogens (primary N) is 1. The molecule has 0 radical (unpaired) electrons. The van der Waals surface area contributed by atoms with Gasteiger partial charge >= 0.3 is 5.97 Å². The van der Waals surface area contributed by atoms with Crippen LogP contribution in [0.25, 0.3) is 27.9 Å². The Labute approximate surface area is 178 Å². The number of carbonyl (C=O) groups excluding carboxylic acids is 1. The van der Waals surface area contributed by atoms with Gasteiger partial charge in [-0.2, -0.15) is 0 Å². The quantitative estimate of drug-likeness (QED) is 0.496. The lowest BCUT2D eigenvalue weighted by molar-refractivity contribution is -0.172. The Morgan fingerprint density at radius 1 is 1.32 bits per heavy atom. The number of hydrogen-bond donors (Lipinski definition) is 2. The maximum absolute atomic E-state index is 13.3. The van der Waals surface area contributed by atoms with E-state index in [2.05, 4.69) is 6.58 Å². The van der Waals surface area contributed by atoms with Gasteiger partial charge in [-0.05, 0) is 42.7 Å². The number of aromatic nitrogens is 2. The highest BCUT2D eigenvalue weighted by atomic mass is 16.6. The highest BCUT2D eigenvalue weighted by Gasteiger charge is 2.45. The second kappa shape index (κ2) is 6.60. The Morgan fingerprint density at radius 3 is 2.77 bits per heavy atom. The molecule has 3 N–H and O–H groups in total. The monoisotopic (exact) mass is 417 g/mol. The molecular formula is C24H23N3O4. The molecule has 0 fully saturated rings. The first kappa shape index (κ1) is 19.7. The van der Waals surface area contributed by atoms with E-state index in [1.165, 1.54) is 0 Å². The number of ether oxygens (including phenoxy) is 1. The third kappa shape index (κ3) is 2.57. The number of hydrogen-bond acceptors (Lipinski definition) is 6. The topological polar surface area (TPSA) is 107 Å². The van der Waals surface area contributed by atoms with Crippen LogP contribution in [0.15, 0.2) is 35.6 Å². The van der Waals surface area contributed by atoms with Gasteiger partial charge < -0.3 is 20.1 Å². The van der Waals surface area contributed by atoms with Crippen molar-refractivity contribution in [2.24, 2.45) is 5.73 Å². The number of fused-ring (bicyclic) bond motifs is 5. The molecule has 2 aliphatic heterocycles.